The van der Waals surface area contributed by atoms with Gasteiger partial charge >= 0.3 is 11.9 Å². The normalized spacial score (nSPS) is 22.1. The summed E-state index contributed by atoms with van der Waals surface area (Å²) in [5.41, 5.74) is 1.20. The van der Waals surface area contributed by atoms with Gasteiger partial charge in [-0.2, -0.15) is 0 Å². The van der Waals surface area contributed by atoms with Gasteiger partial charge in [-0.05, 0) is 19.1 Å². The van der Waals surface area contributed by atoms with Gasteiger partial charge in [-0.15, -0.1) is 11.3 Å². The number of aromatic nitrogens is 1. The Bertz CT molecular complexity index is 1270. The summed E-state index contributed by atoms with van der Waals surface area (Å²) in [6.45, 7) is 0.731. The number of piperidine rings is 1. The zero-order chi connectivity index (χ0) is 26.2. The number of likely N-dealkylation sites (tertiary alicyclic amines) is 1. The number of carboxylic acid groups (broad SMARTS) is 1. The second-order valence-corrected chi connectivity index (χ2v) is 9.88. The predicted octanol–water partition coefficient (Wildman–Crippen LogP) is 3.80. The Morgan fingerprint density at radius 2 is 2.14 bits per heavy atom. The summed E-state index contributed by atoms with van der Waals surface area (Å²) in [5.74, 6) is -6.95. The van der Waals surface area contributed by atoms with Gasteiger partial charge in [0, 0.05) is 46.9 Å². The van der Waals surface area contributed by atoms with E-state index in [2.05, 4.69) is 15.3 Å². The average Bonchev–Trinajstić information content (AvgIpc) is 3.23. The summed E-state index contributed by atoms with van der Waals surface area (Å²) >= 11 is 7.59. The lowest BCUT2D eigenvalue weighted by atomic mass is 9.93. The van der Waals surface area contributed by atoms with Crippen LogP contribution in [-0.2, 0) is 14.3 Å². The molecule has 192 valence electrons. The van der Waals surface area contributed by atoms with Gasteiger partial charge in [-0.1, -0.05) is 17.7 Å². The number of rotatable bonds is 6. The Hall–Kier alpha value is -2.96. The van der Waals surface area contributed by atoms with Crippen molar-refractivity contribution in [1.29, 1.82) is 0 Å². The average molecular weight is 543 g/mol. The first-order valence-electron chi connectivity index (χ1n) is 10.8. The summed E-state index contributed by atoms with van der Waals surface area (Å²) in [7, 11) is 1.16. The number of benzene rings is 1. The van der Waals surface area contributed by atoms with Crippen LogP contribution in [0, 0.1) is 18.7 Å². The highest BCUT2D eigenvalue weighted by Gasteiger charge is 2.44. The van der Waals surface area contributed by atoms with Crippen molar-refractivity contribution in [3.05, 3.63) is 62.0 Å². The Morgan fingerprint density at radius 1 is 1.39 bits per heavy atom. The van der Waals surface area contributed by atoms with Gasteiger partial charge in [-0.3, -0.25) is 14.7 Å². The zero-order valence-corrected chi connectivity index (χ0v) is 20.8. The SMILES string of the molecule is COC(=O)C1=C(CN2CC(C(=O)O)CC(F)(F)C2)NC(c2nc(C)cs2)=NC1c1ccc(F)cc1Cl. The van der Waals surface area contributed by atoms with Crippen LogP contribution in [0.3, 0.4) is 0 Å². The number of esters is 1. The standard InChI is InChI=1S/C23H22ClF3N4O4S/c1-11-9-36-20(28-11)19-29-16(8-31-7-12(21(32)33)6-23(26,27)10-31)17(22(34)35-2)18(30-19)14-4-3-13(25)5-15(14)24/h3-5,9,12,18H,6-8,10H2,1-2H3,(H,29,30)(H,32,33). The number of carbonyl (C=O) groups excluding carboxylic acids is 1. The molecule has 2 aliphatic rings. The Kier molecular flexibility index (Phi) is 7.39. The number of hydrogen-bond acceptors (Lipinski definition) is 8. The first kappa shape index (κ1) is 26.1. The van der Waals surface area contributed by atoms with Crippen molar-refractivity contribution in [2.45, 2.75) is 25.3 Å². The topological polar surface area (TPSA) is 104 Å². The third kappa shape index (κ3) is 5.55. The quantitative estimate of drug-likeness (QED) is 0.535. The number of ether oxygens (including phenoxy) is 1. The van der Waals surface area contributed by atoms with Crippen LogP contribution in [0.2, 0.25) is 5.02 Å². The van der Waals surface area contributed by atoms with Gasteiger partial charge < -0.3 is 15.2 Å². The minimum atomic E-state index is -3.23. The van der Waals surface area contributed by atoms with E-state index >= 15 is 0 Å². The first-order chi connectivity index (χ1) is 17.0. The second-order valence-electron chi connectivity index (χ2n) is 8.61. The maximum absolute atomic E-state index is 14.4. The molecule has 1 fully saturated rings. The number of nitrogens with zero attached hydrogens (tertiary/aromatic N) is 3. The molecular formula is C23H22ClF3N4O4S. The summed E-state index contributed by atoms with van der Waals surface area (Å²) < 4.78 is 47.5. The number of nitrogens with one attached hydrogen (secondary N) is 1. The van der Waals surface area contributed by atoms with Gasteiger partial charge in [0.15, 0.2) is 10.8 Å². The van der Waals surface area contributed by atoms with E-state index in [1.165, 1.54) is 28.4 Å². The van der Waals surface area contributed by atoms with Crippen molar-refractivity contribution in [1.82, 2.24) is 15.2 Å². The number of aliphatic carboxylic acids is 1. The molecule has 13 heteroatoms. The van der Waals surface area contributed by atoms with Crippen LogP contribution < -0.4 is 5.32 Å². The van der Waals surface area contributed by atoms with Crippen LogP contribution in [0.15, 0.2) is 39.8 Å². The smallest absolute Gasteiger partial charge is 0.338 e. The molecule has 0 spiro atoms. The van der Waals surface area contributed by atoms with Crippen molar-refractivity contribution in [2.75, 3.05) is 26.7 Å². The molecule has 2 aliphatic heterocycles. The number of thiazole rings is 1. The second kappa shape index (κ2) is 10.2. The van der Waals surface area contributed by atoms with Gasteiger partial charge in [-0.25, -0.2) is 22.9 Å². The monoisotopic (exact) mass is 542 g/mol. The summed E-state index contributed by atoms with van der Waals surface area (Å²) in [4.78, 5) is 34.8. The van der Waals surface area contributed by atoms with E-state index in [0.717, 1.165) is 18.9 Å². The lowest BCUT2D eigenvalue weighted by molar-refractivity contribution is -0.152. The highest BCUT2D eigenvalue weighted by Crippen LogP contribution is 2.38. The molecule has 1 aromatic carbocycles. The number of methoxy groups -OCH3 is 1. The summed E-state index contributed by atoms with van der Waals surface area (Å²) in [5, 5.41) is 14.7. The molecule has 0 bridgehead atoms. The van der Waals surface area contributed by atoms with E-state index in [0.29, 0.717) is 10.6 Å². The van der Waals surface area contributed by atoms with Crippen molar-refractivity contribution in [3.63, 3.8) is 0 Å². The molecule has 2 N–H and O–H groups in total. The molecular weight excluding hydrogens is 521 g/mol. The van der Waals surface area contributed by atoms with Crippen molar-refractivity contribution in [2.24, 2.45) is 10.9 Å². The minimum absolute atomic E-state index is 0.0104. The van der Waals surface area contributed by atoms with Gasteiger partial charge in [0.25, 0.3) is 5.92 Å². The fourth-order valence-electron chi connectivity index (χ4n) is 4.29. The zero-order valence-electron chi connectivity index (χ0n) is 19.2. The lowest BCUT2D eigenvalue weighted by Crippen LogP contribution is -2.51. The molecule has 0 saturated carbocycles. The molecule has 2 atom stereocenters. The van der Waals surface area contributed by atoms with E-state index in [1.54, 1.807) is 12.3 Å². The van der Waals surface area contributed by atoms with E-state index in [9.17, 15) is 27.9 Å². The fourth-order valence-corrected chi connectivity index (χ4v) is 5.31. The predicted molar refractivity (Wildman–Crippen MR) is 127 cm³/mol. The van der Waals surface area contributed by atoms with Crippen molar-refractivity contribution in [3.8, 4) is 0 Å². The molecule has 0 aliphatic carbocycles. The lowest BCUT2D eigenvalue weighted by Gasteiger charge is -2.37. The third-order valence-corrected chi connectivity index (χ3v) is 7.11. The summed E-state index contributed by atoms with van der Waals surface area (Å²) in [6.07, 6.45) is -0.770. The van der Waals surface area contributed by atoms with E-state index in [1.807, 2.05) is 0 Å². The minimum Gasteiger partial charge on any atom is -0.481 e. The van der Waals surface area contributed by atoms with Gasteiger partial charge in [0.05, 0.1) is 25.1 Å². The van der Waals surface area contributed by atoms with E-state index in [-0.39, 0.29) is 35.2 Å². The molecule has 0 radical (unpaired) electrons. The number of hydrogen-bond donors (Lipinski definition) is 2. The molecule has 1 aromatic heterocycles. The molecule has 4 rings (SSSR count). The van der Waals surface area contributed by atoms with Crippen molar-refractivity contribution < 1.29 is 32.6 Å². The number of aliphatic imine (C=N–C) groups is 1. The molecule has 0 amide bonds. The van der Waals surface area contributed by atoms with Gasteiger partial charge in [0.2, 0.25) is 0 Å². The van der Waals surface area contributed by atoms with E-state index < -0.39 is 48.6 Å². The number of amidine groups is 1. The first-order valence-corrected chi connectivity index (χ1v) is 12.1. The Labute approximate surface area is 213 Å². The maximum Gasteiger partial charge on any atom is 0.338 e. The highest BCUT2D eigenvalue weighted by atomic mass is 35.5. The molecule has 2 unspecified atom stereocenters. The Balaban J connectivity index is 1.81. The van der Waals surface area contributed by atoms with E-state index in [4.69, 9.17) is 16.3 Å². The number of halogens is 4. The van der Waals surface area contributed by atoms with Crippen LogP contribution in [-0.4, -0.2) is 65.4 Å². The van der Waals surface area contributed by atoms with Crippen LogP contribution in [0.4, 0.5) is 13.2 Å². The van der Waals surface area contributed by atoms with Crippen LogP contribution in [0.5, 0.6) is 0 Å². The summed E-state index contributed by atoms with van der Waals surface area (Å²) in [6, 6.07) is 2.58. The van der Waals surface area contributed by atoms with Gasteiger partial charge in [0.1, 0.15) is 11.9 Å². The number of carboxylic acids is 1. The van der Waals surface area contributed by atoms with Crippen LogP contribution in [0.1, 0.15) is 28.7 Å². The molecule has 2 aromatic rings. The number of alkyl halides is 2. The van der Waals surface area contributed by atoms with Crippen LogP contribution >= 0.6 is 22.9 Å². The Morgan fingerprint density at radius 3 is 2.75 bits per heavy atom. The number of aryl methyl sites for hydroxylation is 1. The van der Waals surface area contributed by atoms with Crippen molar-refractivity contribution >= 4 is 40.7 Å². The molecule has 8 nitrogen and oxygen atoms in total. The highest BCUT2D eigenvalue weighted by molar-refractivity contribution is 7.11. The molecule has 1 saturated heterocycles. The largest absolute Gasteiger partial charge is 0.481 e. The van der Waals surface area contributed by atoms with Crippen LogP contribution in [0.25, 0.3) is 0 Å². The molecule has 36 heavy (non-hydrogen) atoms. The number of carbonyl (C=O) groups is 2. The maximum atomic E-state index is 14.4. The third-order valence-electron chi connectivity index (χ3n) is 5.82. The molecule has 3 heterocycles. The fraction of sp³-hybridized carbons (Fsp3) is 0.391.